The number of aromatic nitrogens is 1. The predicted molar refractivity (Wildman–Crippen MR) is 78.4 cm³/mol. The van der Waals surface area contributed by atoms with E-state index in [1.165, 1.54) is 0 Å². The van der Waals surface area contributed by atoms with E-state index in [9.17, 15) is 0 Å². The zero-order valence-electron chi connectivity index (χ0n) is 11.0. The van der Waals surface area contributed by atoms with Crippen molar-refractivity contribution in [2.45, 2.75) is 12.5 Å². The first-order valence-corrected chi connectivity index (χ1v) is 6.25. The molecule has 1 aromatic carbocycles. The number of ether oxygens (including phenoxy) is 1. The van der Waals surface area contributed by atoms with E-state index >= 15 is 0 Å². The van der Waals surface area contributed by atoms with Crippen LogP contribution in [0.2, 0.25) is 0 Å². The minimum atomic E-state index is 0.180. The molecule has 2 rings (SSSR count). The van der Waals surface area contributed by atoms with Crippen LogP contribution in [0.4, 0.5) is 5.69 Å². The van der Waals surface area contributed by atoms with Crippen LogP contribution in [-0.4, -0.2) is 12.1 Å². The lowest BCUT2D eigenvalue weighted by molar-refractivity contribution is 0.415. The monoisotopic (exact) mass is 254 g/mol. The number of hydrogen-bond acceptors (Lipinski definition) is 3. The third-order valence-electron chi connectivity index (χ3n) is 2.92. The van der Waals surface area contributed by atoms with E-state index in [1.54, 1.807) is 13.3 Å². The van der Waals surface area contributed by atoms with Crippen LogP contribution in [0.25, 0.3) is 0 Å². The molecule has 1 unspecified atom stereocenters. The topological polar surface area (TPSA) is 34.1 Å². The Kier molecular flexibility index (Phi) is 4.56. The first-order valence-electron chi connectivity index (χ1n) is 6.25. The number of nitrogens with one attached hydrogen (secondary N) is 1. The summed E-state index contributed by atoms with van der Waals surface area (Å²) >= 11 is 0. The van der Waals surface area contributed by atoms with Gasteiger partial charge in [-0.15, -0.1) is 6.58 Å². The Balaban J connectivity index is 2.14. The van der Waals surface area contributed by atoms with E-state index < -0.39 is 0 Å². The molecule has 1 atom stereocenters. The van der Waals surface area contributed by atoms with Crippen LogP contribution in [-0.2, 0) is 0 Å². The molecule has 0 aliphatic heterocycles. The number of hydrogen-bond donors (Lipinski definition) is 1. The van der Waals surface area contributed by atoms with Gasteiger partial charge in [0.25, 0.3) is 0 Å². The maximum atomic E-state index is 5.15. The average Bonchev–Trinajstić information content (AvgIpc) is 2.48. The molecule has 0 amide bonds. The highest BCUT2D eigenvalue weighted by Gasteiger charge is 2.09. The maximum Gasteiger partial charge on any atom is 0.119 e. The van der Waals surface area contributed by atoms with Crippen LogP contribution >= 0.6 is 0 Å². The van der Waals surface area contributed by atoms with E-state index in [-0.39, 0.29) is 6.04 Å². The summed E-state index contributed by atoms with van der Waals surface area (Å²) in [4.78, 5) is 4.16. The molecule has 2 aromatic rings. The van der Waals surface area contributed by atoms with Crippen molar-refractivity contribution >= 4 is 5.69 Å². The summed E-state index contributed by atoms with van der Waals surface area (Å²) in [5, 5.41) is 3.48. The fourth-order valence-corrected chi connectivity index (χ4v) is 1.92. The van der Waals surface area contributed by atoms with Crippen LogP contribution in [0.15, 0.2) is 61.4 Å². The van der Waals surface area contributed by atoms with Gasteiger partial charge in [0.05, 0.1) is 13.2 Å². The first kappa shape index (κ1) is 13.1. The first-order chi connectivity index (χ1) is 9.33. The molecule has 0 aliphatic rings. The standard InChI is InChI=1S/C16H18N2O/c1-3-5-16(13-6-4-11-17-12-13)18-14-7-9-15(19-2)10-8-14/h3-4,6-12,16,18H,1,5H2,2H3. The predicted octanol–water partition coefficient (Wildman–Crippen LogP) is 3.82. The Morgan fingerprint density at radius 2 is 2.11 bits per heavy atom. The molecular weight excluding hydrogens is 236 g/mol. The smallest absolute Gasteiger partial charge is 0.119 e. The van der Waals surface area contributed by atoms with Gasteiger partial charge in [0.2, 0.25) is 0 Å². The van der Waals surface area contributed by atoms with Crippen molar-refractivity contribution < 1.29 is 4.74 Å². The Morgan fingerprint density at radius 1 is 1.32 bits per heavy atom. The van der Waals surface area contributed by atoms with Crippen LogP contribution in [0.3, 0.4) is 0 Å². The lowest BCUT2D eigenvalue weighted by atomic mass is 10.1. The molecule has 1 N–H and O–H groups in total. The molecule has 1 heterocycles. The highest BCUT2D eigenvalue weighted by atomic mass is 16.5. The van der Waals surface area contributed by atoms with Gasteiger partial charge in [-0.3, -0.25) is 4.98 Å². The number of pyridine rings is 1. The van der Waals surface area contributed by atoms with E-state index in [1.807, 2.05) is 42.6 Å². The van der Waals surface area contributed by atoms with Gasteiger partial charge in [0.15, 0.2) is 0 Å². The van der Waals surface area contributed by atoms with Gasteiger partial charge in [-0.2, -0.15) is 0 Å². The van der Waals surface area contributed by atoms with Crippen molar-refractivity contribution in [3.8, 4) is 5.75 Å². The van der Waals surface area contributed by atoms with Crippen molar-refractivity contribution in [2.75, 3.05) is 12.4 Å². The van der Waals surface area contributed by atoms with Crippen molar-refractivity contribution in [1.29, 1.82) is 0 Å². The van der Waals surface area contributed by atoms with Crippen molar-refractivity contribution in [1.82, 2.24) is 4.98 Å². The van der Waals surface area contributed by atoms with Crippen LogP contribution in [0.1, 0.15) is 18.0 Å². The Hall–Kier alpha value is -2.29. The molecule has 19 heavy (non-hydrogen) atoms. The molecule has 0 bridgehead atoms. The van der Waals surface area contributed by atoms with Crippen LogP contribution in [0.5, 0.6) is 5.75 Å². The second-order valence-corrected chi connectivity index (χ2v) is 4.24. The fourth-order valence-electron chi connectivity index (χ4n) is 1.92. The van der Waals surface area contributed by atoms with Gasteiger partial charge >= 0.3 is 0 Å². The Bertz CT molecular complexity index is 508. The van der Waals surface area contributed by atoms with Gasteiger partial charge in [-0.1, -0.05) is 12.1 Å². The van der Waals surface area contributed by atoms with Crippen molar-refractivity contribution in [3.05, 3.63) is 67.0 Å². The van der Waals surface area contributed by atoms with E-state index in [2.05, 4.69) is 22.9 Å². The summed E-state index contributed by atoms with van der Waals surface area (Å²) in [5.41, 5.74) is 2.20. The zero-order valence-corrected chi connectivity index (χ0v) is 11.0. The summed E-state index contributed by atoms with van der Waals surface area (Å²) < 4.78 is 5.15. The minimum Gasteiger partial charge on any atom is -0.497 e. The van der Waals surface area contributed by atoms with Crippen molar-refractivity contribution in [2.24, 2.45) is 0 Å². The van der Waals surface area contributed by atoms with Crippen LogP contribution < -0.4 is 10.1 Å². The third kappa shape index (κ3) is 3.58. The summed E-state index contributed by atoms with van der Waals surface area (Å²) in [5.74, 6) is 0.854. The molecule has 0 aliphatic carbocycles. The van der Waals surface area contributed by atoms with E-state index in [0.29, 0.717) is 0 Å². The lowest BCUT2D eigenvalue weighted by Gasteiger charge is -2.18. The molecule has 1 aromatic heterocycles. The SMILES string of the molecule is C=CCC(Nc1ccc(OC)cc1)c1cccnc1. The number of nitrogens with zero attached hydrogens (tertiary/aromatic N) is 1. The third-order valence-corrected chi connectivity index (χ3v) is 2.92. The average molecular weight is 254 g/mol. The summed E-state index contributed by atoms with van der Waals surface area (Å²) in [7, 11) is 1.67. The molecular formula is C16H18N2O. The second-order valence-electron chi connectivity index (χ2n) is 4.24. The Labute approximate surface area is 114 Å². The summed E-state index contributed by atoms with van der Waals surface area (Å²) in [6.07, 6.45) is 6.42. The van der Waals surface area contributed by atoms with E-state index in [4.69, 9.17) is 4.74 Å². The van der Waals surface area contributed by atoms with Gasteiger partial charge in [-0.05, 0) is 42.3 Å². The molecule has 0 saturated carbocycles. The normalized spacial score (nSPS) is 11.6. The molecule has 3 heteroatoms. The van der Waals surface area contributed by atoms with Gasteiger partial charge < -0.3 is 10.1 Å². The largest absolute Gasteiger partial charge is 0.497 e. The van der Waals surface area contributed by atoms with Gasteiger partial charge in [0.1, 0.15) is 5.75 Å². The number of anilines is 1. The van der Waals surface area contributed by atoms with Crippen LogP contribution in [0, 0.1) is 0 Å². The molecule has 98 valence electrons. The summed E-state index contributed by atoms with van der Waals surface area (Å²) in [6.45, 7) is 3.81. The van der Waals surface area contributed by atoms with Gasteiger partial charge in [-0.25, -0.2) is 0 Å². The number of rotatable bonds is 6. The minimum absolute atomic E-state index is 0.180. The lowest BCUT2D eigenvalue weighted by Crippen LogP contribution is -2.10. The second kappa shape index (κ2) is 6.59. The Morgan fingerprint density at radius 3 is 2.68 bits per heavy atom. The van der Waals surface area contributed by atoms with E-state index in [0.717, 1.165) is 23.4 Å². The zero-order chi connectivity index (χ0) is 13.5. The molecule has 0 radical (unpaired) electrons. The quantitative estimate of drug-likeness (QED) is 0.796. The highest BCUT2D eigenvalue weighted by Crippen LogP contribution is 2.23. The molecule has 0 fully saturated rings. The van der Waals surface area contributed by atoms with Gasteiger partial charge in [0, 0.05) is 18.1 Å². The molecule has 3 nitrogen and oxygen atoms in total. The molecule has 0 saturated heterocycles. The van der Waals surface area contributed by atoms with Crippen molar-refractivity contribution in [3.63, 3.8) is 0 Å². The summed E-state index contributed by atoms with van der Waals surface area (Å²) in [6, 6.07) is 12.1. The number of benzene rings is 1. The molecule has 0 spiro atoms. The number of methoxy groups -OCH3 is 1. The fraction of sp³-hybridized carbons (Fsp3) is 0.188. The maximum absolute atomic E-state index is 5.15. The highest BCUT2D eigenvalue weighted by molar-refractivity contribution is 5.48.